The zero-order valence-corrected chi connectivity index (χ0v) is 31.5. The van der Waals surface area contributed by atoms with E-state index in [1.54, 1.807) is 0 Å². The number of benzene rings is 4. The van der Waals surface area contributed by atoms with Crippen LogP contribution in [-0.4, -0.2) is 41.6 Å². The van der Waals surface area contributed by atoms with Gasteiger partial charge in [-0.2, -0.15) is 10.0 Å². The standard InChI is InChI=1S/C46H46N6S/c1-53(2,35-25-21-33(22-26-35)51-41-19-11-9-17-37(41)39-29-47-43(49-45(39)51)31-13-5-3-6-14-31)36-27-23-34(24-28-36)52-42-20-12-10-18-38(42)40-30-48-44(50-46(40)52)32-15-7-4-8-16-32/h9-12,17-32H,3-8,13-16H2,1-2H3. The first kappa shape index (κ1) is 32.6. The Hall–Kier alpha value is -5.01. The van der Waals surface area contributed by atoms with Gasteiger partial charge in [0.15, 0.2) is 0 Å². The van der Waals surface area contributed by atoms with Crippen LogP contribution in [0, 0.1) is 0 Å². The van der Waals surface area contributed by atoms with Crippen LogP contribution >= 0.6 is 10.0 Å². The first-order valence-electron chi connectivity index (χ1n) is 19.5. The minimum Gasteiger partial charge on any atom is -0.294 e. The summed E-state index contributed by atoms with van der Waals surface area (Å²) < 4.78 is 4.68. The second-order valence-electron chi connectivity index (χ2n) is 15.6. The Bertz CT molecular complexity index is 2420. The third kappa shape index (κ3) is 5.54. The molecule has 0 saturated heterocycles. The Morgan fingerprint density at radius 3 is 1.28 bits per heavy atom. The molecule has 0 atom stereocenters. The minimum atomic E-state index is -1.29. The number of hydrogen-bond acceptors (Lipinski definition) is 4. The van der Waals surface area contributed by atoms with E-state index in [1.807, 2.05) is 0 Å². The van der Waals surface area contributed by atoms with Gasteiger partial charge in [-0.05, 0) is 109 Å². The van der Waals surface area contributed by atoms with Gasteiger partial charge in [0.25, 0.3) is 0 Å². The molecule has 0 aliphatic heterocycles. The average molecular weight is 715 g/mol. The summed E-state index contributed by atoms with van der Waals surface area (Å²) >= 11 is 0. The highest BCUT2D eigenvalue weighted by atomic mass is 32.3. The Morgan fingerprint density at radius 1 is 0.472 bits per heavy atom. The molecule has 0 unspecified atom stereocenters. The van der Waals surface area contributed by atoms with Crippen molar-refractivity contribution in [2.75, 3.05) is 12.5 Å². The molecule has 0 amide bonds. The zero-order valence-electron chi connectivity index (χ0n) is 30.7. The van der Waals surface area contributed by atoms with E-state index < -0.39 is 10.0 Å². The maximum absolute atomic E-state index is 5.27. The lowest BCUT2D eigenvalue weighted by molar-refractivity contribution is 0.429. The predicted octanol–water partition coefficient (Wildman–Crippen LogP) is 12.0. The molecule has 10 rings (SSSR count). The number of fused-ring (bicyclic) bond motifs is 6. The molecule has 4 heterocycles. The monoisotopic (exact) mass is 714 g/mol. The van der Waals surface area contributed by atoms with Crippen LogP contribution in [0.1, 0.15) is 87.7 Å². The normalized spacial score (nSPS) is 16.6. The molecule has 4 aromatic carbocycles. The molecule has 8 aromatic rings. The fourth-order valence-electron chi connectivity index (χ4n) is 9.16. The van der Waals surface area contributed by atoms with Gasteiger partial charge in [0.2, 0.25) is 0 Å². The second-order valence-corrected chi connectivity index (χ2v) is 19.2. The van der Waals surface area contributed by atoms with Gasteiger partial charge in [-0.25, -0.2) is 19.9 Å². The molecule has 0 N–H and O–H groups in total. The smallest absolute Gasteiger partial charge is 0.149 e. The molecule has 7 heteroatoms. The third-order valence-corrected chi connectivity index (χ3v) is 15.1. The van der Waals surface area contributed by atoms with E-state index in [4.69, 9.17) is 19.9 Å². The van der Waals surface area contributed by atoms with Crippen molar-refractivity contribution < 1.29 is 0 Å². The third-order valence-electron chi connectivity index (χ3n) is 12.2. The van der Waals surface area contributed by atoms with Gasteiger partial charge < -0.3 is 0 Å². The van der Waals surface area contributed by atoms with E-state index in [2.05, 4.69) is 131 Å². The lowest BCUT2D eigenvalue weighted by atomic mass is 9.89. The first-order chi connectivity index (χ1) is 26.0. The molecule has 0 radical (unpaired) electrons. The van der Waals surface area contributed by atoms with Crippen molar-refractivity contribution in [3.05, 3.63) is 121 Å². The number of aromatic nitrogens is 6. The van der Waals surface area contributed by atoms with Crippen molar-refractivity contribution in [1.29, 1.82) is 0 Å². The van der Waals surface area contributed by atoms with Crippen molar-refractivity contribution >= 4 is 53.9 Å². The molecule has 4 aromatic heterocycles. The molecular weight excluding hydrogens is 669 g/mol. The van der Waals surface area contributed by atoms with Gasteiger partial charge in [-0.15, -0.1) is 0 Å². The van der Waals surface area contributed by atoms with E-state index in [0.29, 0.717) is 11.8 Å². The summed E-state index contributed by atoms with van der Waals surface area (Å²) in [7, 11) is -1.29. The summed E-state index contributed by atoms with van der Waals surface area (Å²) in [6.07, 6.45) is 21.4. The van der Waals surface area contributed by atoms with E-state index in [0.717, 1.165) is 45.1 Å². The van der Waals surface area contributed by atoms with E-state index in [-0.39, 0.29) is 0 Å². The molecule has 2 saturated carbocycles. The van der Waals surface area contributed by atoms with Crippen LogP contribution in [0.2, 0.25) is 0 Å². The zero-order chi connectivity index (χ0) is 35.5. The SMILES string of the molecule is CS(C)(c1ccc(-n2c3ccccc3c3cnc(C4CCCCC4)nc32)cc1)c1ccc(-n2c3ccccc3c3cnc(C4CCCCC4)nc32)cc1. The van der Waals surface area contributed by atoms with Crippen molar-refractivity contribution in [1.82, 2.24) is 29.1 Å². The van der Waals surface area contributed by atoms with Gasteiger partial charge >= 0.3 is 0 Å². The minimum absolute atomic E-state index is 0.458. The number of nitrogens with zero attached hydrogens (tertiary/aromatic N) is 6. The van der Waals surface area contributed by atoms with Gasteiger partial charge in [-0.3, -0.25) is 9.13 Å². The summed E-state index contributed by atoms with van der Waals surface area (Å²) in [6, 6.07) is 35.8. The van der Waals surface area contributed by atoms with Crippen LogP contribution < -0.4 is 0 Å². The first-order valence-corrected chi connectivity index (χ1v) is 22.0. The highest BCUT2D eigenvalue weighted by molar-refractivity contribution is 8.32. The molecule has 2 aliphatic carbocycles. The largest absolute Gasteiger partial charge is 0.294 e. The lowest BCUT2D eigenvalue weighted by Crippen LogP contribution is -2.09. The number of rotatable bonds is 6. The number of para-hydroxylation sites is 2. The molecule has 0 spiro atoms. The summed E-state index contributed by atoms with van der Waals surface area (Å²) in [5.74, 6) is 2.93. The van der Waals surface area contributed by atoms with Crippen LogP contribution in [0.15, 0.2) is 119 Å². The van der Waals surface area contributed by atoms with Crippen LogP contribution in [-0.2, 0) is 0 Å². The van der Waals surface area contributed by atoms with Crippen LogP contribution in [0.25, 0.3) is 55.2 Å². The molecule has 266 valence electrons. The predicted molar refractivity (Wildman–Crippen MR) is 220 cm³/mol. The van der Waals surface area contributed by atoms with E-state index in [1.165, 1.54) is 95.8 Å². The van der Waals surface area contributed by atoms with Crippen molar-refractivity contribution in [2.24, 2.45) is 0 Å². The highest BCUT2D eigenvalue weighted by Gasteiger charge is 2.24. The fraction of sp³-hybridized carbons (Fsp3) is 0.304. The Balaban J connectivity index is 0.996. The van der Waals surface area contributed by atoms with Gasteiger partial charge in [0, 0.05) is 57.1 Å². The Kier molecular flexibility index (Phi) is 8.09. The summed E-state index contributed by atoms with van der Waals surface area (Å²) in [5.41, 5.74) is 6.65. The molecule has 6 nitrogen and oxygen atoms in total. The quantitative estimate of drug-likeness (QED) is 0.172. The second kappa shape index (κ2) is 13.1. The molecule has 2 aliphatic rings. The molecule has 2 fully saturated rings. The van der Waals surface area contributed by atoms with Crippen LogP contribution in [0.3, 0.4) is 0 Å². The van der Waals surface area contributed by atoms with Gasteiger partial charge in [0.1, 0.15) is 22.9 Å². The van der Waals surface area contributed by atoms with Gasteiger partial charge in [0.05, 0.1) is 11.0 Å². The summed E-state index contributed by atoms with van der Waals surface area (Å²) in [5, 5.41) is 4.64. The van der Waals surface area contributed by atoms with Crippen molar-refractivity contribution in [3.8, 4) is 11.4 Å². The van der Waals surface area contributed by atoms with E-state index >= 15 is 0 Å². The number of hydrogen-bond donors (Lipinski definition) is 0. The summed E-state index contributed by atoms with van der Waals surface area (Å²) in [4.78, 5) is 23.1. The van der Waals surface area contributed by atoms with E-state index in [9.17, 15) is 0 Å². The highest BCUT2D eigenvalue weighted by Crippen LogP contribution is 2.56. The topological polar surface area (TPSA) is 61.4 Å². The molecular formula is C46H46N6S. The van der Waals surface area contributed by atoms with Crippen LogP contribution in [0.5, 0.6) is 0 Å². The maximum atomic E-state index is 5.27. The van der Waals surface area contributed by atoms with Crippen LogP contribution in [0.4, 0.5) is 0 Å². The van der Waals surface area contributed by atoms with Gasteiger partial charge in [-0.1, -0.05) is 74.9 Å². The molecule has 0 bridgehead atoms. The fourth-order valence-corrected chi connectivity index (χ4v) is 11.1. The average Bonchev–Trinajstić information content (AvgIpc) is 3.74. The lowest BCUT2D eigenvalue weighted by Gasteiger charge is -2.32. The molecule has 53 heavy (non-hydrogen) atoms. The maximum Gasteiger partial charge on any atom is 0.149 e. The van der Waals surface area contributed by atoms with Crippen molar-refractivity contribution in [2.45, 2.75) is 85.8 Å². The Morgan fingerprint density at radius 2 is 0.868 bits per heavy atom. The Labute approximate surface area is 312 Å². The summed E-state index contributed by atoms with van der Waals surface area (Å²) in [6.45, 7) is 0. The van der Waals surface area contributed by atoms with Crippen molar-refractivity contribution in [3.63, 3.8) is 0 Å².